The minimum absolute atomic E-state index is 0.0933. The molecule has 0 saturated heterocycles. The van der Waals surface area contributed by atoms with Crippen LogP contribution in [0.15, 0.2) is 28.7 Å². The Morgan fingerprint density at radius 3 is 2.76 bits per heavy atom. The number of nitrogens with one attached hydrogen (secondary N) is 1. The molecule has 0 amide bonds. The summed E-state index contributed by atoms with van der Waals surface area (Å²) in [6.07, 6.45) is 3.57. The average molecular weight is 356 g/mol. The van der Waals surface area contributed by atoms with Crippen molar-refractivity contribution in [3.05, 3.63) is 34.3 Å². The van der Waals surface area contributed by atoms with E-state index < -0.39 is 0 Å². The highest BCUT2D eigenvalue weighted by molar-refractivity contribution is 9.10. The van der Waals surface area contributed by atoms with Gasteiger partial charge in [-0.15, -0.1) is 0 Å². The second-order valence-corrected chi connectivity index (χ2v) is 7.23. The van der Waals surface area contributed by atoms with E-state index in [1.807, 2.05) is 6.07 Å². The molecular formula is C17H26BrNO2. The van der Waals surface area contributed by atoms with Crippen LogP contribution in [0.5, 0.6) is 0 Å². The normalized spacial score (nSPS) is 17.0. The topological polar surface area (TPSA) is 30.5 Å². The first-order valence-corrected chi connectivity index (χ1v) is 8.45. The second kappa shape index (κ2) is 7.73. The van der Waals surface area contributed by atoms with Crippen LogP contribution in [-0.4, -0.2) is 31.9 Å². The third kappa shape index (κ3) is 6.07. The zero-order valence-electron chi connectivity index (χ0n) is 13.2. The van der Waals surface area contributed by atoms with E-state index in [1.165, 1.54) is 18.4 Å². The average Bonchev–Trinajstić information content (AvgIpc) is 3.26. The van der Waals surface area contributed by atoms with E-state index in [-0.39, 0.29) is 11.7 Å². The molecule has 0 spiro atoms. The molecule has 4 heteroatoms. The molecule has 0 aromatic heterocycles. The minimum Gasteiger partial charge on any atom is -0.379 e. The van der Waals surface area contributed by atoms with Crippen LogP contribution < -0.4 is 5.32 Å². The third-order valence-electron chi connectivity index (χ3n) is 3.97. The zero-order chi connectivity index (χ0) is 15.3. The molecular weight excluding hydrogens is 330 g/mol. The van der Waals surface area contributed by atoms with Crippen LogP contribution in [0.1, 0.15) is 44.8 Å². The van der Waals surface area contributed by atoms with E-state index in [1.54, 1.807) is 7.11 Å². The number of hydrogen-bond donors (Lipinski definition) is 1. The Balaban J connectivity index is 1.91. The van der Waals surface area contributed by atoms with Crippen LogP contribution in [0.4, 0.5) is 0 Å². The quantitative estimate of drug-likeness (QED) is 0.723. The van der Waals surface area contributed by atoms with Gasteiger partial charge in [-0.3, -0.25) is 0 Å². The SMILES string of the molecule is COC(C)(C)CCOC(CNC1CC1)c1cccc(Br)c1. The van der Waals surface area contributed by atoms with Crippen LogP contribution in [0.25, 0.3) is 0 Å². The van der Waals surface area contributed by atoms with E-state index >= 15 is 0 Å². The number of halogens is 1. The van der Waals surface area contributed by atoms with Gasteiger partial charge in [0.05, 0.1) is 18.3 Å². The van der Waals surface area contributed by atoms with Gasteiger partial charge in [0.25, 0.3) is 0 Å². The molecule has 1 saturated carbocycles. The van der Waals surface area contributed by atoms with Gasteiger partial charge < -0.3 is 14.8 Å². The molecule has 1 aliphatic carbocycles. The summed E-state index contributed by atoms with van der Waals surface area (Å²) >= 11 is 3.54. The molecule has 1 N–H and O–H groups in total. The monoisotopic (exact) mass is 355 g/mol. The van der Waals surface area contributed by atoms with Crippen LogP contribution in [-0.2, 0) is 9.47 Å². The Morgan fingerprint density at radius 1 is 1.38 bits per heavy atom. The number of benzene rings is 1. The first-order chi connectivity index (χ1) is 10.00. The van der Waals surface area contributed by atoms with Crippen LogP contribution in [0.3, 0.4) is 0 Å². The lowest BCUT2D eigenvalue weighted by Crippen LogP contribution is -2.28. The largest absolute Gasteiger partial charge is 0.379 e. The van der Waals surface area contributed by atoms with Gasteiger partial charge in [-0.1, -0.05) is 28.1 Å². The maximum Gasteiger partial charge on any atom is 0.0949 e. The highest BCUT2D eigenvalue weighted by atomic mass is 79.9. The minimum atomic E-state index is -0.133. The predicted molar refractivity (Wildman–Crippen MR) is 89.6 cm³/mol. The van der Waals surface area contributed by atoms with Crippen molar-refractivity contribution >= 4 is 15.9 Å². The van der Waals surface area contributed by atoms with Gasteiger partial charge in [0.15, 0.2) is 0 Å². The van der Waals surface area contributed by atoms with E-state index in [9.17, 15) is 0 Å². The molecule has 3 nitrogen and oxygen atoms in total. The Hall–Kier alpha value is -0.420. The summed E-state index contributed by atoms with van der Waals surface area (Å²) in [6, 6.07) is 9.07. The summed E-state index contributed by atoms with van der Waals surface area (Å²) in [5.74, 6) is 0. The molecule has 1 aliphatic rings. The van der Waals surface area contributed by atoms with Gasteiger partial charge in [0.1, 0.15) is 0 Å². The van der Waals surface area contributed by atoms with Crippen molar-refractivity contribution in [3.8, 4) is 0 Å². The number of ether oxygens (including phenoxy) is 2. The maximum absolute atomic E-state index is 6.14. The molecule has 0 aliphatic heterocycles. The van der Waals surface area contributed by atoms with Crippen LogP contribution >= 0.6 is 15.9 Å². The molecule has 0 radical (unpaired) electrons. The fourth-order valence-electron chi connectivity index (χ4n) is 2.09. The van der Waals surface area contributed by atoms with Crippen molar-refractivity contribution in [2.45, 2.75) is 50.9 Å². The van der Waals surface area contributed by atoms with Crippen LogP contribution in [0, 0.1) is 0 Å². The summed E-state index contributed by atoms with van der Waals surface area (Å²) in [6.45, 7) is 5.75. The number of methoxy groups -OCH3 is 1. The molecule has 118 valence electrons. The molecule has 2 rings (SSSR count). The van der Waals surface area contributed by atoms with Crippen molar-refractivity contribution in [2.75, 3.05) is 20.3 Å². The van der Waals surface area contributed by atoms with Crippen molar-refractivity contribution in [3.63, 3.8) is 0 Å². The molecule has 0 heterocycles. The highest BCUT2D eigenvalue weighted by Crippen LogP contribution is 2.25. The van der Waals surface area contributed by atoms with Gasteiger partial charge >= 0.3 is 0 Å². The van der Waals surface area contributed by atoms with Crippen molar-refractivity contribution in [1.29, 1.82) is 0 Å². The van der Waals surface area contributed by atoms with E-state index in [4.69, 9.17) is 9.47 Å². The Bertz CT molecular complexity index is 446. The lowest BCUT2D eigenvalue weighted by molar-refractivity contribution is -0.0273. The van der Waals surface area contributed by atoms with Gasteiger partial charge in [-0.25, -0.2) is 0 Å². The van der Waals surface area contributed by atoms with Gasteiger partial charge in [0.2, 0.25) is 0 Å². The molecule has 1 unspecified atom stereocenters. The number of hydrogen-bond acceptors (Lipinski definition) is 3. The zero-order valence-corrected chi connectivity index (χ0v) is 14.8. The first kappa shape index (κ1) is 16.9. The smallest absolute Gasteiger partial charge is 0.0949 e. The fraction of sp³-hybridized carbons (Fsp3) is 0.647. The molecule has 0 bridgehead atoms. The number of rotatable bonds is 9. The third-order valence-corrected chi connectivity index (χ3v) is 4.46. The van der Waals surface area contributed by atoms with E-state index in [2.05, 4.69) is 53.3 Å². The first-order valence-electron chi connectivity index (χ1n) is 7.66. The maximum atomic E-state index is 6.14. The van der Waals surface area contributed by atoms with Crippen molar-refractivity contribution in [2.24, 2.45) is 0 Å². The standard InChI is InChI=1S/C17H26BrNO2/c1-17(2,20-3)9-10-21-16(12-19-15-7-8-15)13-5-4-6-14(18)11-13/h4-6,11,15-16,19H,7-10,12H2,1-3H3. The summed E-state index contributed by atoms with van der Waals surface area (Å²) in [5.41, 5.74) is 1.08. The van der Waals surface area contributed by atoms with E-state index in [0.717, 1.165) is 17.4 Å². The van der Waals surface area contributed by atoms with Crippen molar-refractivity contribution < 1.29 is 9.47 Å². The molecule has 1 aromatic rings. The van der Waals surface area contributed by atoms with Crippen LogP contribution in [0.2, 0.25) is 0 Å². The summed E-state index contributed by atoms with van der Waals surface area (Å²) in [7, 11) is 1.75. The molecule has 1 atom stereocenters. The lowest BCUT2D eigenvalue weighted by Gasteiger charge is -2.25. The molecule has 1 fully saturated rings. The highest BCUT2D eigenvalue weighted by Gasteiger charge is 2.23. The fourth-order valence-corrected chi connectivity index (χ4v) is 2.51. The summed E-state index contributed by atoms with van der Waals surface area (Å²) in [4.78, 5) is 0. The van der Waals surface area contributed by atoms with E-state index in [0.29, 0.717) is 12.6 Å². The molecule has 1 aromatic carbocycles. The van der Waals surface area contributed by atoms with Gasteiger partial charge in [-0.2, -0.15) is 0 Å². The predicted octanol–water partition coefficient (Wildman–Crippen LogP) is 4.07. The Morgan fingerprint density at radius 2 is 2.14 bits per heavy atom. The Kier molecular flexibility index (Phi) is 6.23. The van der Waals surface area contributed by atoms with Gasteiger partial charge in [-0.05, 0) is 50.8 Å². The molecule has 21 heavy (non-hydrogen) atoms. The Labute approximate surface area is 136 Å². The van der Waals surface area contributed by atoms with Crippen molar-refractivity contribution in [1.82, 2.24) is 5.32 Å². The summed E-state index contributed by atoms with van der Waals surface area (Å²) in [5, 5.41) is 3.56. The van der Waals surface area contributed by atoms with Gasteiger partial charge in [0, 0.05) is 24.2 Å². The second-order valence-electron chi connectivity index (χ2n) is 6.31. The lowest BCUT2D eigenvalue weighted by atomic mass is 10.1. The summed E-state index contributed by atoms with van der Waals surface area (Å²) < 4.78 is 12.7.